The summed E-state index contributed by atoms with van der Waals surface area (Å²) in [6.45, 7) is 1.75. The Hall–Kier alpha value is -1.03. The highest BCUT2D eigenvalue weighted by Gasteiger charge is 2.17. The lowest BCUT2D eigenvalue weighted by molar-refractivity contribution is 0.0742. The number of likely N-dealkylation sites (tertiary alicyclic amines) is 1. The number of nitrogens with zero attached hydrogens (tertiary/aromatic N) is 1. The third-order valence-electron chi connectivity index (χ3n) is 3.54. The van der Waals surface area contributed by atoms with Gasteiger partial charge in [-0.25, -0.2) is 0 Å². The normalized spacial score (nSPS) is 16.6. The maximum Gasteiger partial charge on any atom is 0.253 e. The second-order valence-electron chi connectivity index (χ2n) is 4.91. The maximum absolute atomic E-state index is 12.5. The first-order chi connectivity index (χ1) is 9.22. The summed E-state index contributed by atoms with van der Waals surface area (Å²) in [5.41, 5.74) is 0.730. The highest BCUT2D eigenvalue weighted by atomic mass is 79.9. The lowest BCUT2D eigenvalue weighted by Gasteiger charge is -2.25. The van der Waals surface area contributed by atoms with E-state index in [-0.39, 0.29) is 5.91 Å². The average molecular weight is 326 g/mol. The fourth-order valence-corrected chi connectivity index (χ4v) is 2.97. The molecule has 1 amide bonds. The summed E-state index contributed by atoms with van der Waals surface area (Å²) < 4.78 is 6.02. The summed E-state index contributed by atoms with van der Waals surface area (Å²) in [5, 5.41) is 0. The van der Waals surface area contributed by atoms with Crippen molar-refractivity contribution < 1.29 is 9.53 Å². The number of ether oxygens (including phenoxy) is 1. The summed E-state index contributed by atoms with van der Waals surface area (Å²) in [4.78, 5) is 14.5. The van der Waals surface area contributed by atoms with Gasteiger partial charge in [-0.1, -0.05) is 19.3 Å². The molecule has 19 heavy (non-hydrogen) atoms. The predicted octanol–water partition coefficient (Wildman–Crippen LogP) is 3.86. The van der Waals surface area contributed by atoms with Gasteiger partial charge in [0.1, 0.15) is 5.75 Å². The molecule has 0 unspecified atom stereocenters. The van der Waals surface area contributed by atoms with E-state index in [1.54, 1.807) is 7.11 Å². The Bertz CT molecular complexity index is 440. The van der Waals surface area contributed by atoms with Gasteiger partial charge in [-0.2, -0.15) is 0 Å². The number of hydrogen-bond acceptors (Lipinski definition) is 2. The molecule has 1 fully saturated rings. The molecule has 1 aromatic rings. The van der Waals surface area contributed by atoms with E-state index >= 15 is 0 Å². The van der Waals surface area contributed by atoms with Crippen LogP contribution in [0.2, 0.25) is 0 Å². The molecule has 0 aromatic heterocycles. The van der Waals surface area contributed by atoms with Crippen molar-refractivity contribution in [2.24, 2.45) is 0 Å². The third-order valence-corrected chi connectivity index (χ3v) is 4.16. The van der Waals surface area contributed by atoms with Gasteiger partial charge in [-0.15, -0.1) is 0 Å². The molecule has 1 aromatic carbocycles. The predicted molar refractivity (Wildman–Crippen MR) is 79.7 cm³/mol. The number of amides is 1. The van der Waals surface area contributed by atoms with Crippen molar-refractivity contribution >= 4 is 21.8 Å². The van der Waals surface area contributed by atoms with E-state index in [0.717, 1.165) is 41.7 Å². The van der Waals surface area contributed by atoms with Crippen LogP contribution < -0.4 is 4.74 Å². The van der Waals surface area contributed by atoms with Crippen LogP contribution in [0.1, 0.15) is 42.5 Å². The Labute approximate surface area is 123 Å². The van der Waals surface area contributed by atoms with Gasteiger partial charge in [-0.05, 0) is 47.0 Å². The zero-order chi connectivity index (χ0) is 13.7. The zero-order valence-electron chi connectivity index (χ0n) is 11.3. The quantitative estimate of drug-likeness (QED) is 0.826. The van der Waals surface area contributed by atoms with Crippen molar-refractivity contribution in [3.8, 4) is 5.75 Å². The molecular formula is C15H20BrNO2. The van der Waals surface area contributed by atoms with E-state index in [1.165, 1.54) is 19.3 Å². The average Bonchev–Trinajstić information content (AvgIpc) is 2.37. The molecule has 0 spiro atoms. The molecular weight excluding hydrogens is 306 g/mol. The molecule has 0 N–H and O–H groups in total. The molecule has 1 heterocycles. The van der Waals surface area contributed by atoms with E-state index < -0.39 is 0 Å². The number of rotatable bonds is 2. The molecule has 2 rings (SSSR count). The molecule has 0 aliphatic carbocycles. The first kappa shape index (κ1) is 14.4. The van der Waals surface area contributed by atoms with Crippen molar-refractivity contribution in [1.82, 2.24) is 4.90 Å². The fourth-order valence-electron chi connectivity index (χ4n) is 2.43. The topological polar surface area (TPSA) is 29.5 Å². The van der Waals surface area contributed by atoms with E-state index in [9.17, 15) is 4.79 Å². The van der Waals surface area contributed by atoms with Gasteiger partial charge in [0.15, 0.2) is 0 Å². The van der Waals surface area contributed by atoms with Gasteiger partial charge in [-0.3, -0.25) is 4.79 Å². The van der Waals surface area contributed by atoms with Crippen LogP contribution in [-0.2, 0) is 0 Å². The minimum atomic E-state index is 0.130. The Morgan fingerprint density at radius 3 is 2.37 bits per heavy atom. The summed E-state index contributed by atoms with van der Waals surface area (Å²) >= 11 is 3.43. The van der Waals surface area contributed by atoms with Gasteiger partial charge in [0.25, 0.3) is 5.91 Å². The number of halogens is 1. The zero-order valence-corrected chi connectivity index (χ0v) is 12.9. The minimum Gasteiger partial charge on any atom is -0.496 e. The number of carbonyl (C=O) groups is 1. The van der Waals surface area contributed by atoms with Crippen LogP contribution in [0.5, 0.6) is 5.75 Å². The number of carbonyl (C=O) groups excluding carboxylic acids is 1. The standard InChI is InChI=1S/C15H20BrNO2/c1-19-14-8-7-12(11-13(14)16)15(18)17-9-5-3-2-4-6-10-17/h7-8,11H,2-6,9-10H2,1H3. The van der Waals surface area contributed by atoms with Crippen molar-refractivity contribution in [2.45, 2.75) is 32.1 Å². The summed E-state index contributed by atoms with van der Waals surface area (Å²) in [6, 6.07) is 5.52. The summed E-state index contributed by atoms with van der Waals surface area (Å²) in [7, 11) is 1.62. The Balaban J connectivity index is 2.11. The van der Waals surface area contributed by atoms with Crippen LogP contribution in [0.25, 0.3) is 0 Å². The van der Waals surface area contributed by atoms with Gasteiger partial charge >= 0.3 is 0 Å². The monoisotopic (exact) mass is 325 g/mol. The van der Waals surface area contributed by atoms with Crippen molar-refractivity contribution in [3.63, 3.8) is 0 Å². The van der Waals surface area contributed by atoms with Crippen LogP contribution in [0.15, 0.2) is 22.7 Å². The largest absolute Gasteiger partial charge is 0.496 e. The highest BCUT2D eigenvalue weighted by molar-refractivity contribution is 9.10. The van der Waals surface area contributed by atoms with Gasteiger partial charge in [0, 0.05) is 18.7 Å². The summed E-state index contributed by atoms with van der Waals surface area (Å²) in [6.07, 6.45) is 5.99. The number of benzene rings is 1. The lowest BCUT2D eigenvalue weighted by Crippen LogP contribution is -2.33. The Morgan fingerprint density at radius 2 is 1.79 bits per heavy atom. The van der Waals surface area contributed by atoms with E-state index in [0.29, 0.717) is 0 Å². The maximum atomic E-state index is 12.5. The van der Waals surface area contributed by atoms with Crippen LogP contribution in [0.3, 0.4) is 0 Å². The van der Waals surface area contributed by atoms with Gasteiger partial charge in [0.05, 0.1) is 11.6 Å². The van der Waals surface area contributed by atoms with E-state index in [4.69, 9.17) is 4.74 Å². The van der Waals surface area contributed by atoms with Crippen LogP contribution in [0, 0.1) is 0 Å². The summed E-state index contributed by atoms with van der Waals surface area (Å²) in [5.74, 6) is 0.884. The minimum absolute atomic E-state index is 0.130. The third kappa shape index (κ3) is 3.72. The van der Waals surface area contributed by atoms with Crippen molar-refractivity contribution in [2.75, 3.05) is 20.2 Å². The molecule has 0 radical (unpaired) electrons. The van der Waals surface area contributed by atoms with Crippen molar-refractivity contribution in [3.05, 3.63) is 28.2 Å². The van der Waals surface area contributed by atoms with Gasteiger partial charge < -0.3 is 9.64 Å². The van der Waals surface area contributed by atoms with Crippen molar-refractivity contribution in [1.29, 1.82) is 0 Å². The van der Waals surface area contributed by atoms with E-state index in [1.807, 2.05) is 23.1 Å². The number of hydrogen-bond donors (Lipinski definition) is 0. The molecule has 104 valence electrons. The van der Waals surface area contributed by atoms with Crippen LogP contribution >= 0.6 is 15.9 Å². The molecule has 0 atom stereocenters. The Morgan fingerprint density at radius 1 is 1.16 bits per heavy atom. The molecule has 4 heteroatoms. The molecule has 1 aliphatic heterocycles. The van der Waals surface area contributed by atoms with Crippen LogP contribution in [0.4, 0.5) is 0 Å². The second-order valence-corrected chi connectivity index (χ2v) is 5.76. The SMILES string of the molecule is COc1ccc(C(=O)N2CCCCCCC2)cc1Br. The van der Waals surface area contributed by atoms with Crippen LogP contribution in [-0.4, -0.2) is 31.0 Å². The smallest absolute Gasteiger partial charge is 0.253 e. The molecule has 1 aliphatic rings. The molecule has 0 saturated carbocycles. The fraction of sp³-hybridized carbons (Fsp3) is 0.533. The highest BCUT2D eigenvalue weighted by Crippen LogP contribution is 2.26. The lowest BCUT2D eigenvalue weighted by atomic mass is 10.1. The molecule has 0 bridgehead atoms. The first-order valence-electron chi connectivity index (χ1n) is 6.85. The first-order valence-corrected chi connectivity index (χ1v) is 7.64. The van der Waals surface area contributed by atoms with Gasteiger partial charge in [0.2, 0.25) is 0 Å². The Kier molecular flexibility index (Phi) is 5.25. The number of methoxy groups -OCH3 is 1. The second kappa shape index (κ2) is 6.94. The molecule has 1 saturated heterocycles. The van der Waals surface area contributed by atoms with E-state index in [2.05, 4.69) is 15.9 Å². The molecule has 3 nitrogen and oxygen atoms in total.